The average Bonchev–Trinajstić information content (AvgIpc) is 2.77. The first kappa shape index (κ1) is 15.2. The van der Waals surface area contributed by atoms with E-state index in [2.05, 4.69) is 10.3 Å². The van der Waals surface area contributed by atoms with E-state index < -0.39 is 0 Å². The van der Waals surface area contributed by atoms with Gasteiger partial charge in [-0.1, -0.05) is 11.3 Å². The number of thiazole rings is 1. The minimum Gasteiger partial charge on any atom is -0.382 e. The lowest BCUT2D eigenvalue weighted by Crippen LogP contribution is -2.39. The Morgan fingerprint density at radius 3 is 2.47 bits per heavy atom. The molecule has 0 radical (unpaired) electrons. The Kier molecular flexibility index (Phi) is 5.11. The summed E-state index contributed by atoms with van der Waals surface area (Å²) in [4.78, 5) is 31.4. The topological polar surface area (TPSA) is 91.6 Å². The van der Waals surface area contributed by atoms with Crippen LogP contribution >= 0.6 is 11.3 Å². The molecule has 0 aliphatic heterocycles. The van der Waals surface area contributed by atoms with Crippen molar-refractivity contribution < 1.29 is 9.59 Å². The van der Waals surface area contributed by atoms with Crippen LogP contribution in [0.4, 0.5) is 10.9 Å². The molecule has 8 heteroatoms. The molecule has 1 aromatic heterocycles. The molecule has 0 saturated heterocycles. The highest BCUT2D eigenvalue weighted by atomic mass is 32.1. The molecule has 7 nitrogen and oxygen atoms in total. The van der Waals surface area contributed by atoms with Crippen LogP contribution in [0.3, 0.4) is 0 Å². The third-order valence-electron chi connectivity index (χ3n) is 2.50. The van der Waals surface area contributed by atoms with Crippen molar-refractivity contribution in [2.75, 3.05) is 44.9 Å². The molecule has 0 fully saturated rings. The predicted octanol–water partition coefficient (Wildman–Crippen LogP) is -0.000600. The Hall–Kier alpha value is -1.83. The first-order chi connectivity index (χ1) is 8.90. The number of nitrogen functional groups attached to an aromatic ring is 1. The smallest absolute Gasteiger partial charge is 0.268 e. The fraction of sp³-hybridized carbons (Fsp3) is 0.545. The molecular weight excluding hydrogens is 266 g/mol. The largest absolute Gasteiger partial charge is 0.382 e. The van der Waals surface area contributed by atoms with E-state index in [0.29, 0.717) is 16.6 Å². The van der Waals surface area contributed by atoms with Crippen molar-refractivity contribution in [1.29, 1.82) is 0 Å². The number of carbonyl (C=O) groups is 2. The monoisotopic (exact) mass is 285 g/mol. The van der Waals surface area contributed by atoms with E-state index in [1.165, 1.54) is 23.3 Å². The lowest BCUT2D eigenvalue weighted by Gasteiger charge is -2.18. The SMILES string of the molecule is CCN(CC(=O)NC)C(=O)c1sc(N(C)C)nc1N. The van der Waals surface area contributed by atoms with Gasteiger partial charge in [0.25, 0.3) is 5.91 Å². The van der Waals surface area contributed by atoms with Gasteiger partial charge in [-0.3, -0.25) is 9.59 Å². The second-order valence-corrected chi connectivity index (χ2v) is 5.08. The quantitative estimate of drug-likeness (QED) is 0.794. The van der Waals surface area contributed by atoms with E-state index in [1.807, 2.05) is 21.0 Å². The van der Waals surface area contributed by atoms with Crippen molar-refractivity contribution in [2.45, 2.75) is 6.92 Å². The highest BCUT2D eigenvalue weighted by molar-refractivity contribution is 7.18. The van der Waals surface area contributed by atoms with Crippen LogP contribution in [0.15, 0.2) is 0 Å². The molecule has 1 heterocycles. The number of amides is 2. The maximum Gasteiger partial charge on any atom is 0.268 e. The summed E-state index contributed by atoms with van der Waals surface area (Å²) in [7, 11) is 5.19. The summed E-state index contributed by atoms with van der Waals surface area (Å²) < 4.78 is 0. The molecule has 19 heavy (non-hydrogen) atoms. The lowest BCUT2D eigenvalue weighted by atomic mass is 10.3. The molecule has 1 aromatic rings. The number of carbonyl (C=O) groups excluding carboxylic acids is 2. The average molecular weight is 285 g/mol. The van der Waals surface area contributed by atoms with E-state index in [4.69, 9.17) is 5.73 Å². The zero-order chi connectivity index (χ0) is 14.6. The fourth-order valence-corrected chi connectivity index (χ4v) is 2.26. The minimum atomic E-state index is -0.269. The van der Waals surface area contributed by atoms with E-state index in [1.54, 1.807) is 4.90 Å². The summed E-state index contributed by atoms with van der Waals surface area (Å²) in [6.07, 6.45) is 0. The van der Waals surface area contributed by atoms with E-state index >= 15 is 0 Å². The van der Waals surface area contributed by atoms with Gasteiger partial charge in [0.1, 0.15) is 10.7 Å². The summed E-state index contributed by atoms with van der Waals surface area (Å²) in [5.74, 6) is -0.283. The molecule has 0 aromatic carbocycles. The van der Waals surface area contributed by atoms with Crippen molar-refractivity contribution in [3.8, 4) is 0 Å². The molecule has 2 amide bonds. The van der Waals surface area contributed by atoms with Crippen LogP contribution in [0.1, 0.15) is 16.6 Å². The van der Waals surface area contributed by atoms with Gasteiger partial charge in [-0.05, 0) is 6.92 Å². The normalized spacial score (nSPS) is 10.1. The molecule has 3 N–H and O–H groups in total. The molecule has 0 atom stereocenters. The van der Waals surface area contributed by atoms with Crippen molar-refractivity contribution in [3.05, 3.63) is 4.88 Å². The number of rotatable bonds is 5. The number of anilines is 2. The highest BCUT2D eigenvalue weighted by Crippen LogP contribution is 2.27. The maximum atomic E-state index is 12.3. The van der Waals surface area contributed by atoms with Crippen LogP contribution in [0.5, 0.6) is 0 Å². The van der Waals surface area contributed by atoms with Crippen molar-refractivity contribution in [1.82, 2.24) is 15.2 Å². The van der Waals surface area contributed by atoms with Crippen LogP contribution < -0.4 is 16.0 Å². The molecule has 0 unspecified atom stereocenters. The van der Waals surface area contributed by atoms with Crippen molar-refractivity contribution >= 4 is 34.1 Å². The van der Waals surface area contributed by atoms with Gasteiger partial charge in [0, 0.05) is 27.7 Å². The molecule has 0 spiro atoms. The number of hydrogen-bond donors (Lipinski definition) is 2. The second kappa shape index (κ2) is 6.37. The molecule has 0 saturated carbocycles. The molecule has 0 aliphatic carbocycles. The number of likely N-dealkylation sites (N-methyl/N-ethyl adjacent to an activating group) is 2. The summed E-state index contributed by atoms with van der Waals surface area (Å²) in [5.41, 5.74) is 5.76. The van der Waals surface area contributed by atoms with Crippen LogP contribution in [-0.4, -0.2) is 55.9 Å². The first-order valence-corrected chi connectivity index (χ1v) is 6.65. The van der Waals surface area contributed by atoms with Gasteiger partial charge in [0.2, 0.25) is 5.91 Å². The standard InChI is InChI=1S/C11H19N5O2S/c1-5-16(6-7(17)13-2)10(18)8-9(12)14-11(19-8)15(3)4/h5-6,12H2,1-4H3,(H,13,17). The van der Waals surface area contributed by atoms with Gasteiger partial charge >= 0.3 is 0 Å². The van der Waals surface area contributed by atoms with Gasteiger partial charge < -0.3 is 20.9 Å². The Morgan fingerprint density at radius 1 is 1.42 bits per heavy atom. The molecule has 0 bridgehead atoms. The first-order valence-electron chi connectivity index (χ1n) is 5.84. The van der Waals surface area contributed by atoms with Crippen molar-refractivity contribution in [2.24, 2.45) is 0 Å². The second-order valence-electron chi connectivity index (χ2n) is 4.10. The van der Waals surface area contributed by atoms with Crippen LogP contribution in [0, 0.1) is 0 Å². The molecule has 0 aliphatic rings. The summed E-state index contributed by atoms with van der Waals surface area (Å²) in [6.45, 7) is 2.26. The zero-order valence-electron chi connectivity index (χ0n) is 11.6. The number of aromatic nitrogens is 1. The Labute approximate surface area is 116 Å². The molecular formula is C11H19N5O2S. The van der Waals surface area contributed by atoms with E-state index in [9.17, 15) is 9.59 Å². The van der Waals surface area contributed by atoms with E-state index in [0.717, 1.165) is 0 Å². The number of hydrogen-bond acceptors (Lipinski definition) is 6. The summed E-state index contributed by atoms with van der Waals surface area (Å²) in [5, 5.41) is 3.15. The lowest BCUT2D eigenvalue weighted by molar-refractivity contribution is -0.121. The molecule has 1 rings (SSSR count). The number of nitrogens with zero attached hydrogens (tertiary/aromatic N) is 3. The zero-order valence-corrected chi connectivity index (χ0v) is 12.4. The van der Waals surface area contributed by atoms with Crippen molar-refractivity contribution in [3.63, 3.8) is 0 Å². The maximum absolute atomic E-state index is 12.3. The third kappa shape index (κ3) is 3.57. The fourth-order valence-electron chi connectivity index (χ4n) is 1.39. The summed E-state index contributed by atoms with van der Waals surface area (Å²) in [6, 6.07) is 0. The minimum absolute atomic E-state index is 0.0144. The number of nitrogens with two attached hydrogens (primary N) is 1. The van der Waals surface area contributed by atoms with Gasteiger partial charge in [0.05, 0.1) is 6.54 Å². The predicted molar refractivity (Wildman–Crippen MR) is 76.5 cm³/mol. The van der Waals surface area contributed by atoms with E-state index in [-0.39, 0.29) is 24.2 Å². The highest BCUT2D eigenvalue weighted by Gasteiger charge is 2.23. The Balaban J connectivity index is 2.94. The van der Waals surface area contributed by atoms with Crippen LogP contribution in [0.2, 0.25) is 0 Å². The Morgan fingerprint density at radius 2 is 2.05 bits per heavy atom. The van der Waals surface area contributed by atoms with Gasteiger partial charge in [-0.15, -0.1) is 0 Å². The molecule has 106 valence electrons. The Bertz CT molecular complexity index is 472. The summed E-state index contributed by atoms with van der Waals surface area (Å²) >= 11 is 1.22. The van der Waals surface area contributed by atoms with Crippen LogP contribution in [0.25, 0.3) is 0 Å². The van der Waals surface area contributed by atoms with Gasteiger partial charge in [0.15, 0.2) is 5.13 Å². The van der Waals surface area contributed by atoms with Crippen LogP contribution in [-0.2, 0) is 4.79 Å². The number of nitrogens with one attached hydrogen (secondary N) is 1. The van der Waals surface area contributed by atoms with Gasteiger partial charge in [-0.2, -0.15) is 0 Å². The van der Waals surface area contributed by atoms with Gasteiger partial charge in [-0.25, -0.2) is 4.98 Å². The third-order valence-corrected chi connectivity index (χ3v) is 3.73.